The molecule has 7 heteroatoms. The topological polar surface area (TPSA) is 61.8 Å². The molecule has 0 aliphatic carbocycles. The van der Waals surface area contributed by atoms with Crippen LogP contribution in [0.1, 0.15) is 11.1 Å². The zero-order valence-electron chi connectivity index (χ0n) is 16.6. The first-order valence-corrected chi connectivity index (χ1v) is 11.3. The van der Waals surface area contributed by atoms with Crippen molar-refractivity contribution in [3.05, 3.63) is 76.8 Å². The van der Waals surface area contributed by atoms with Gasteiger partial charge in [0.1, 0.15) is 13.2 Å². The van der Waals surface area contributed by atoms with Crippen molar-refractivity contribution in [2.75, 3.05) is 13.2 Å². The van der Waals surface area contributed by atoms with Crippen LogP contribution in [0.15, 0.2) is 65.6 Å². The van der Waals surface area contributed by atoms with E-state index in [0.717, 1.165) is 22.3 Å². The minimum atomic E-state index is -3.89. The van der Waals surface area contributed by atoms with E-state index in [9.17, 15) is 8.42 Å². The minimum absolute atomic E-state index is 0.109. The molecule has 5 nitrogen and oxygen atoms in total. The van der Waals surface area contributed by atoms with Gasteiger partial charge in [-0.1, -0.05) is 53.6 Å². The molecule has 0 aromatic heterocycles. The van der Waals surface area contributed by atoms with Crippen molar-refractivity contribution in [1.29, 1.82) is 0 Å². The highest BCUT2D eigenvalue weighted by Gasteiger charge is 2.28. The lowest BCUT2D eigenvalue weighted by Crippen LogP contribution is -2.34. The van der Waals surface area contributed by atoms with Crippen LogP contribution in [0.5, 0.6) is 11.5 Å². The maximum Gasteiger partial charge on any atom is 0.297 e. The van der Waals surface area contributed by atoms with Gasteiger partial charge in [-0.25, -0.2) is 0 Å². The van der Waals surface area contributed by atoms with Crippen molar-refractivity contribution < 1.29 is 22.1 Å². The first-order valence-electron chi connectivity index (χ1n) is 9.48. The molecule has 4 rings (SSSR count). The molecular weight excluding hydrogens is 424 g/mol. The number of halogens is 1. The molecule has 0 N–H and O–H groups in total. The highest BCUT2D eigenvalue weighted by atomic mass is 35.5. The van der Waals surface area contributed by atoms with Crippen molar-refractivity contribution in [2.24, 2.45) is 0 Å². The average molecular weight is 445 g/mol. The van der Waals surface area contributed by atoms with E-state index in [1.165, 1.54) is 12.1 Å². The Bertz CT molecular complexity index is 1170. The lowest BCUT2D eigenvalue weighted by atomic mass is 9.99. The summed E-state index contributed by atoms with van der Waals surface area (Å²) in [6, 6.07) is 17.9. The number of hydrogen-bond donors (Lipinski definition) is 0. The monoisotopic (exact) mass is 444 g/mol. The Kier molecular flexibility index (Phi) is 5.73. The van der Waals surface area contributed by atoms with Gasteiger partial charge in [0.2, 0.25) is 0 Å². The second-order valence-corrected chi connectivity index (χ2v) is 9.25. The van der Waals surface area contributed by atoms with E-state index in [0.29, 0.717) is 16.5 Å². The maximum absolute atomic E-state index is 12.5. The summed E-state index contributed by atoms with van der Waals surface area (Å²) in [5.41, 5.74) is 3.79. The van der Waals surface area contributed by atoms with Crippen LogP contribution in [0.4, 0.5) is 0 Å². The molecule has 0 saturated carbocycles. The molecule has 0 spiro atoms. The summed E-state index contributed by atoms with van der Waals surface area (Å²) in [5, 5.41) is 0.534. The summed E-state index contributed by atoms with van der Waals surface area (Å²) in [5.74, 6) is 1.06. The van der Waals surface area contributed by atoms with Crippen LogP contribution in [-0.2, 0) is 14.3 Å². The Hall–Kier alpha value is -2.54. The van der Waals surface area contributed by atoms with E-state index in [1.54, 1.807) is 18.2 Å². The Labute approximate surface area is 181 Å². The Balaban J connectivity index is 1.56. The lowest BCUT2D eigenvalue weighted by Gasteiger charge is -2.28. The molecule has 0 radical (unpaired) electrons. The number of hydrogen-bond acceptors (Lipinski definition) is 5. The van der Waals surface area contributed by atoms with Gasteiger partial charge in [-0.05, 0) is 43.2 Å². The third kappa shape index (κ3) is 4.31. The molecule has 1 aliphatic heterocycles. The second kappa shape index (κ2) is 8.30. The molecule has 0 fully saturated rings. The van der Waals surface area contributed by atoms with Crippen LogP contribution in [0, 0.1) is 13.8 Å². The fraction of sp³-hybridized carbons (Fsp3) is 0.217. The van der Waals surface area contributed by atoms with Gasteiger partial charge >= 0.3 is 0 Å². The molecular formula is C23H21ClO5S. The zero-order chi connectivity index (χ0) is 21.3. The van der Waals surface area contributed by atoms with Crippen LogP contribution in [-0.4, -0.2) is 27.7 Å². The van der Waals surface area contributed by atoms with E-state index in [1.807, 2.05) is 44.2 Å². The average Bonchev–Trinajstić information content (AvgIpc) is 2.72. The predicted octanol–water partition coefficient (Wildman–Crippen LogP) is 5.17. The summed E-state index contributed by atoms with van der Waals surface area (Å²) in [6.45, 7) is 3.89. The summed E-state index contributed by atoms with van der Waals surface area (Å²) in [7, 11) is -3.89. The molecule has 3 aromatic carbocycles. The molecule has 1 heterocycles. The van der Waals surface area contributed by atoms with Gasteiger partial charge < -0.3 is 9.47 Å². The number of aryl methyl sites for hydroxylation is 2. The second-order valence-electron chi connectivity index (χ2n) is 7.20. The molecule has 0 bridgehead atoms. The van der Waals surface area contributed by atoms with E-state index in [2.05, 4.69) is 0 Å². The molecule has 3 aromatic rings. The summed E-state index contributed by atoms with van der Waals surface area (Å²) in [6.07, 6.45) is -0.582. The van der Waals surface area contributed by atoms with E-state index in [-0.39, 0.29) is 18.1 Å². The fourth-order valence-corrected chi connectivity index (χ4v) is 4.42. The predicted molar refractivity (Wildman–Crippen MR) is 116 cm³/mol. The minimum Gasteiger partial charge on any atom is -0.486 e. The van der Waals surface area contributed by atoms with Gasteiger partial charge in [-0.2, -0.15) is 8.42 Å². The summed E-state index contributed by atoms with van der Waals surface area (Å²) in [4.78, 5) is 0.109. The van der Waals surface area contributed by atoms with Gasteiger partial charge in [0.15, 0.2) is 17.6 Å². The van der Waals surface area contributed by atoms with Crippen LogP contribution < -0.4 is 9.47 Å². The van der Waals surface area contributed by atoms with Gasteiger partial charge in [0.25, 0.3) is 10.1 Å². The first-order chi connectivity index (χ1) is 14.3. The zero-order valence-corrected chi connectivity index (χ0v) is 18.2. The molecule has 156 valence electrons. The number of ether oxygens (including phenoxy) is 2. The van der Waals surface area contributed by atoms with Crippen LogP contribution in [0.2, 0.25) is 5.02 Å². The van der Waals surface area contributed by atoms with Crippen LogP contribution in [0.3, 0.4) is 0 Å². The van der Waals surface area contributed by atoms with E-state index < -0.39 is 16.2 Å². The van der Waals surface area contributed by atoms with Crippen molar-refractivity contribution >= 4 is 21.7 Å². The molecule has 0 saturated heterocycles. The van der Waals surface area contributed by atoms with Crippen molar-refractivity contribution in [3.8, 4) is 22.6 Å². The SMILES string of the molecule is Cc1ccc(S(=O)(=O)OC[C@H]2COc3cc(Cl)cc(-c4ccccc4C)c3O2)cc1. The molecule has 1 atom stereocenters. The third-order valence-electron chi connectivity index (χ3n) is 4.88. The molecule has 0 unspecified atom stereocenters. The van der Waals surface area contributed by atoms with E-state index in [4.69, 9.17) is 25.3 Å². The summed E-state index contributed by atoms with van der Waals surface area (Å²) < 4.78 is 42.1. The van der Waals surface area contributed by atoms with Gasteiger partial charge in [-0.3, -0.25) is 4.18 Å². The highest BCUT2D eigenvalue weighted by molar-refractivity contribution is 7.86. The van der Waals surface area contributed by atoms with Crippen LogP contribution in [0.25, 0.3) is 11.1 Å². The quantitative estimate of drug-likeness (QED) is 0.508. The third-order valence-corrected chi connectivity index (χ3v) is 6.40. The summed E-state index contributed by atoms with van der Waals surface area (Å²) >= 11 is 6.28. The van der Waals surface area contributed by atoms with Gasteiger partial charge in [0.05, 0.1) is 4.90 Å². The smallest absolute Gasteiger partial charge is 0.297 e. The number of benzene rings is 3. The van der Waals surface area contributed by atoms with Crippen molar-refractivity contribution in [1.82, 2.24) is 0 Å². The Morgan fingerprint density at radius 3 is 2.50 bits per heavy atom. The Morgan fingerprint density at radius 1 is 1.03 bits per heavy atom. The van der Waals surface area contributed by atoms with Crippen molar-refractivity contribution in [3.63, 3.8) is 0 Å². The standard InChI is InChI=1S/C23H21ClO5S/c1-15-7-9-19(10-8-15)30(25,26)28-14-18-13-27-22-12-17(24)11-21(23(22)29-18)20-6-4-3-5-16(20)2/h3-12,18H,13-14H2,1-2H3/t18-/m1/s1. The van der Waals surface area contributed by atoms with Gasteiger partial charge in [0, 0.05) is 16.7 Å². The highest BCUT2D eigenvalue weighted by Crippen LogP contribution is 2.44. The fourth-order valence-electron chi connectivity index (χ4n) is 3.28. The Morgan fingerprint density at radius 2 is 1.77 bits per heavy atom. The molecule has 0 amide bonds. The number of rotatable bonds is 5. The van der Waals surface area contributed by atoms with Crippen LogP contribution >= 0.6 is 11.6 Å². The molecule has 30 heavy (non-hydrogen) atoms. The normalized spacial score (nSPS) is 15.8. The molecule has 1 aliphatic rings. The largest absolute Gasteiger partial charge is 0.486 e. The first kappa shape index (κ1) is 20.7. The number of fused-ring (bicyclic) bond motifs is 1. The van der Waals surface area contributed by atoms with Gasteiger partial charge in [-0.15, -0.1) is 0 Å². The van der Waals surface area contributed by atoms with E-state index >= 15 is 0 Å². The maximum atomic E-state index is 12.5. The lowest BCUT2D eigenvalue weighted by molar-refractivity contribution is 0.0561. The van der Waals surface area contributed by atoms with Crippen molar-refractivity contribution in [2.45, 2.75) is 24.8 Å².